The lowest BCUT2D eigenvalue weighted by molar-refractivity contribution is -0.151. The smallest absolute Gasteiger partial charge is 0.306 e. The van der Waals surface area contributed by atoms with Crippen LogP contribution in [0.4, 0.5) is 8.78 Å². The van der Waals surface area contributed by atoms with Gasteiger partial charge in [0.2, 0.25) is 5.78 Å². The lowest BCUT2D eigenvalue weighted by Crippen LogP contribution is -2.40. The Balaban J connectivity index is 1.90. The average Bonchev–Trinajstić information content (AvgIpc) is 2.92. The molecule has 19 heavy (non-hydrogen) atoms. The summed E-state index contributed by atoms with van der Waals surface area (Å²) in [4.78, 5) is 11.9. The predicted octanol–water partition coefficient (Wildman–Crippen LogP) is 3.34. The first-order valence-corrected chi connectivity index (χ1v) is 8.05. The summed E-state index contributed by atoms with van der Waals surface area (Å²) in [6.07, 6.45) is 2.93. The van der Waals surface area contributed by atoms with Gasteiger partial charge in [0, 0.05) is 12.3 Å². The van der Waals surface area contributed by atoms with Crippen LogP contribution in [0, 0.1) is 5.92 Å². The number of carbonyl (C=O) groups is 1. The molecule has 3 nitrogen and oxygen atoms in total. The molecule has 2 fully saturated rings. The van der Waals surface area contributed by atoms with E-state index in [1.54, 1.807) is 0 Å². The van der Waals surface area contributed by atoms with Crippen LogP contribution < -0.4 is 0 Å². The Morgan fingerprint density at radius 2 is 1.79 bits per heavy atom. The Bertz CT molecular complexity index is 313. The van der Waals surface area contributed by atoms with Gasteiger partial charge in [-0.1, -0.05) is 41.9 Å². The molecule has 2 aliphatic rings. The minimum Gasteiger partial charge on any atom is -0.349 e. The highest BCUT2D eigenvalue weighted by Gasteiger charge is 2.46. The Hall–Kier alpha value is 0.180. The highest BCUT2D eigenvalue weighted by Crippen LogP contribution is 2.35. The van der Waals surface area contributed by atoms with Crippen molar-refractivity contribution in [2.24, 2.45) is 5.92 Å². The third kappa shape index (κ3) is 4.07. The fourth-order valence-corrected chi connectivity index (χ4v) is 3.66. The maximum atomic E-state index is 14.0. The molecule has 0 amide bonds. The van der Waals surface area contributed by atoms with E-state index in [9.17, 15) is 13.6 Å². The Morgan fingerprint density at radius 1 is 1.21 bits per heavy atom. The Labute approximate surface area is 125 Å². The highest BCUT2D eigenvalue weighted by atomic mass is 127. The molecule has 1 saturated heterocycles. The van der Waals surface area contributed by atoms with Crippen LogP contribution in [0.15, 0.2) is 0 Å². The van der Waals surface area contributed by atoms with Crippen LogP contribution >= 0.6 is 22.6 Å². The van der Waals surface area contributed by atoms with Crippen molar-refractivity contribution in [2.45, 2.75) is 54.7 Å². The van der Waals surface area contributed by atoms with Crippen LogP contribution in [-0.2, 0) is 14.3 Å². The van der Waals surface area contributed by atoms with Gasteiger partial charge in [-0.25, -0.2) is 0 Å². The molecule has 6 heteroatoms. The topological polar surface area (TPSA) is 35.5 Å². The fourth-order valence-electron chi connectivity index (χ4n) is 2.69. The number of ketones is 1. The number of carbonyl (C=O) groups excluding carboxylic acids is 1. The molecule has 2 rings (SSSR count). The molecule has 0 aromatic carbocycles. The van der Waals surface area contributed by atoms with Crippen LogP contribution in [0.1, 0.15) is 38.5 Å². The summed E-state index contributed by atoms with van der Waals surface area (Å²) in [5.74, 6) is -4.60. The molecular formula is C13H19F2IO3. The van der Waals surface area contributed by atoms with Crippen LogP contribution in [0.2, 0.25) is 0 Å². The van der Waals surface area contributed by atoms with E-state index in [0.29, 0.717) is 26.1 Å². The number of Topliss-reactive ketones (excluding diaryl/α,β-unsaturated/α-hetero) is 1. The number of halogens is 3. The minimum absolute atomic E-state index is 0.437. The van der Waals surface area contributed by atoms with Crippen molar-refractivity contribution in [1.82, 2.24) is 0 Å². The molecule has 1 unspecified atom stereocenters. The third-order valence-corrected chi connectivity index (χ3v) is 4.76. The van der Waals surface area contributed by atoms with E-state index < -0.39 is 34.3 Å². The number of hydrogen-bond donors (Lipinski definition) is 0. The lowest BCUT2D eigenvalue weighted by atomic mass is 9.83. The van der Waals surface area contributed by atoms with Gasteiger partial charge in [-0.05, 0) is 12.8 Å². The first-order valence-electron chi connectivity index (χ1n) is 6.80. The number of alkyl halides is 3. The van der Waals surface area contributed by atoms with Gasteiger partial charge < -0.3 is 9.47 Å². The first-order chi connectivity index (χ1) is 9.00. The molecule has 1 heterocycles. The number of rotatable bonds is 5. The van der Waals surface area contributed by atoms with Crippen LogP contribution in [0.3, 0.4) is 0 Å². The highest BCUT2D eigenvalue weighted by molar-refractivity contribution is 14.1. The summed E-state index contributed by atoms with van der Waals surface area (Å²) >= 11 is 1.89. The summed E-state index contributed by atoms with van der Waals surface area (Å²) in [7, 11) is 0. The van der Waals surface area contributed by atoms with Gasteiger partial charge in [0.05, 0.1) is 17.1 Å². The Kier molecular flexibility index (Phi) is 5.54. The van der Waals surface area contributed by atoms with Crippen molar-refractivity contribution in [3.63, 3.8) is 0 Å². The van der Waals surface area contributed by atoms with E-state index in [0.717, 1.165) is 19.3 Å². The first kappa shape index (κ1) is 15.6. The van der Waals surface area contributed by atoms with E-state index in [-0.39, 0.29) is 0 Å². The van der Waals surface area contributed by atoms with Crippen molar-refractivity contribution < 1.29 is 23.0 Å². The van der Waals surface area contributed by atoms with E-state index in [1.165, 1.54) is 0 Å². The van der Waals surface area contributed by atoms with Crippen molar-refractivity contribution >= 4 is 28.4 Å². The summed E-state index contributed by atoms with van der Waals surface area (Å²) in [5, 5.41) is 0. The molecule has 1 aliphatic heterocycles. The van der Waals surface area contributed by atoms with E-state index >= 15 is 0 Å². The minimum atomic E-state index is -3.26. The second kappa shape index (κ2) is 6.76. The summed E-state index contributed by atoms with van der Waals surface area (Å²) in [6.45, 7) is 0.874. The molecule has 0 N–H and O–H groups in total. The third-order valence-electron chi connectivity index (χ3n) is 3.73. The standard InChI is InChI=1S/C13H19F2IO3/c14-13(15,8-10(16)12-18-6-7-19-12)11(17)9-4-2-1-3-5-9/h9-10,12H,1-8H2. The van der Waals surface area contributed by atoms with Gasteiger partial charge in [0.15, 0.2) is 6.29 Å². The second-order valence-electron chi connectivity index (χ2n) is 5.23. The van der Waals surface area contributed by atoms with Gasteiger partial charge in [-0.15, -0.1) is 0 Å². The van der Waals surface area contributed by atoms with Gasteiger partial charge in [0.1, 0.15) is 0 Å². The second-order valence-corrected chi connectivity index (χ2v) is 6.83. The largest absolute Gasteiger partial charge is 0.349 e. The molecule has 0 aromatic rings. The number of ether oxygens (including phenoxy) is 2. The van der Waals surface area contributed by atoms with Gasteiger partial charge in [-0.2, -0.15) is 8.78 Å². The zero-order valence-corrected chi connectivity index (χ0v) is 12.9. The molecule has 0 radical (unpaired) electrons. The summed E-state index contributed by atoms with van der Waals surface area (Å²) < 4.78 is 38.0. The maximum Gasteiger partial charge on any atom is 0.306 e. The molecule has 0 bridgehead atoms. The van der Waals surface area contributed by atoms with Crippen LogP contribution in [0.5, 0.6) is 0 Å². The molecular weight excluding hydrogens is 369 g/mol. The zero-order chi connectivity index (χ0) is 13.9. The van der Waals surface area contributed by atoms with E-state index in [4.69, 9.17) is 9.47 Å². The van der Waals surface area contributed by atoms with E-state index in [1.807, 2.05) is 22.6 Å². The van der Waals surface area contributed by atoms with Crippen LogP contribution in [0.25, 0.3) is 0 Å². The van der Waals surface area contributed by atoms with Crippen molar-refractivity contribution in [2.75, 3.05) is 13.2 Å². The molecule has 1 aliphatic carbocycles. The molecule has 110 valence electrons. The number of hydrogen-bond acceptors (Lipinski definition) is 3. The van der Waals surface area contributed by atoms with Crippen molar-refractivity contribution in [3.8, 4) is 0 Å². The monoisotopic (exact) mass is 388 g/mol. The molecule has 1 atom stereocenters. The lowest BCUT2D eigenvalue weighted by Gasteiger charge is -2.27. The fraction of sp³-hybridized carbons (Fsp3) is 0.923. The predicted molar refractivity (Wildman–Crippen MR) is 74.6 cm³/mol. The SMILES string of the molecule is O=C(C1CCCCC1)C(F)(F)CC(I)C1OCCO1. The average molecular weight is 388 g/mol. The zero-order valence-electron chi connectivity index (χ0n) is 10.7. The quantitative estimate of drug-likeness (QED) is 0.536. The summed E-state index contributed by atoms with van der Waals surface area (Å²) in [5.41, 5.74) is 0. The van der Waals surface area contributed by atoms with Crippen molar-refractivity contribution in [1.29, 1.82) is 0 Å². The van der Waals surface area contributed by atoms with Crippen LogP contribution in [-0.4, -0.2) is 35.1 Å². The molecule has 0 spiro atoms. The van der Waals surface area contributed by atoms with Gasteiger partial charge in [0.25, 0.3) is 0 Å². The van der Waals surface area contributed by atoms with Crippen molar-refractivity contribution in [3.05, 3.63) is 0 Å². The van der Waals surface area contributed by atoms with Gasteiger partial charge >= 0.3 is 5.92 Å². The van der Waals surface area contributed by atoms with Gasteiger partial charge in [-0.3, -0.25) is 4.79 Å². The Morgan fingerprint density at radius 3 is 2.37 bits per heavy atom. The molecule has 1 saturated carbocycles. The molecule has 0 aromatic heterocycles. The van der Waals surface area contributed by atoms with E-state index in [2.05, 4.69) is 0 Å². The maximum absolute atomic E-state index is 14.0. The summed E-state index contributed by atoms with van der Waals surface area (Å²) in [6, 6.07) is 0. The normalized spacial score (nSPS) is 24.6.